The zero-order chi connectivity index (χ0) is 22.2. The molecule has 2 aromatic heterocycles. The van der Waals surface area contributed by atoms with Crippen molar-refractivity contribution < 1.29 is 19.2 Å². The van der Waals surface area contributed by atoms with Crippen LogP contribution in [-0.2, 0) is 14.1 Å². The van der Waals surface area contributed by atoms with Crippen LogP contribution in [0.5, 0.6) is 0 Å². The average Bonchev–Trinajstić information content (AvgIpc) is 3.39. The van der Waals surface area contributed by atoms with Gasteiger partial charge >= 0.3 is 5.69 Å². The van der Waals surface area contributed by atoms with Crippen molar-refractivity contribution in [2.24, 2.45) is 0 Å². The lowest BCUT2D eigenvalue weighted by molar-refractivity contribution is -0.116. The van der Waals surface area contributed by atoms with E-state index in [0.29, 0.717) is 5.69 Å². The smallest absolute Gasteiger partial charge is 0.330 e. The van der Waals surface area contributed by atoms with E-state index in [9.17, 15) is 19.5 Å². The van der Waals surface area contributed by atoms with Crippen molar-refractivity contribution in [3.63, 3.8) is 0 Å². The Kier molecular flexibility index (Phi) is 6.99. The van der Waals surface area contributed by atoms with Crippen LogP contribution >= 0.6 is 9.41 Å². The Morgan fingerprint density at radius 2 is 2.40 bits per heavy atom. The zero-order valence-corrected chi connectivity index (χ0v) is 16.8. The van der Waals surface area contributed by atoms with Crippen LogP contribution in [0.1, 0.15) is 23.9 Å². The standard InChI is InChI=1S/C18H22N5O6P/c24-13-6-16(29-14(13)9-28-30)23-8-11(17(26)22-18(23)27)2-1-5-20-15(25)4-3-12-7-19-10-21-12/h1-4,7-8,10,13-14,16,24H,5-6,9,30H2,(H,19,21)(H,20,25)(H,22,26,27)/b2-1+,4-3+/i30T. The summed E-state index contributed by atoms with van der Waals surface area (Å²) in [6.45, 7) is 0.204. The maximum atomic E-state index is 12.2. The van der Waals surface area contributed by atoms with Crippen LogP contribution in [0.2, 0.25) is 0 Å². The van der Waals surface area contributed by atoms with Crippen LogP contribution in [0.3, 0.4) is 0 Å². The van der Waals surface area contributed by atoms with Gasteiger partial charge in [-0.25, -0.2) is 9.78 Å². The number of aromatic nitrogens is 4. The average molecular weight is 437 g/mol. The van der Waals surface area contributed by atoms with Gasteiger partial charge in [0.2, 0.25) is 5.91 Å². The highest BCUT2D eigenvalue weighted by atomic mass is 31.0. The molecule has 4 unspecified atom stereocenters. The number of aliphatic hydroxyl groups excluding tert-OH is 1. The van der Waals surface area contributed by atoms with Gasteiger partial charge in [0, 0.05) is 34.7 Å². The molecule has 2 aromatic rings. The van der Waals surface area contributed by atoms with E-state index in [2.05, 4.69) is 20.3 Å². The summed E-state index contributed by atoms with van der Waals surface area (Å²) in [6, 6.07) is 0. The van der Waals surface area contributed by atoms with Crippen molar-refractivity contribution in [1.82, 2.24) is 24.8 Å². The van der Waals surface area contributed by atoms with E-state index >= 15 is 0 Å². The highest BCUT2D eigenvalue weighted by molar-refractivity contribution is 7.09. The number of carbonyl (C=O) groups is 1. The number of aromatic amines is 2. The lowest BCUT2D eigenvalue weighted by atomic mass is 10.2. The second kappa shape index (κ2) is 10.3. The molecule has 1 saturated heterocycles. The third-order valence-electron chi connectivity index (χ3n) is 4.38. The number of hydrogen-bond donors (Lipinski definition) is 4. The summed E-state index contributed by atoms with van der Waals surface area (Å²) in [7, 11) is -0.487. The summed E-state index contributed by atoms with van der Waals surface area (Å²) >= 11 is 0. The van der Waals surface area contributed by atoms with Gasteiger partial charge in [-0.1, -0.05) is 12.2 Å². The molecule has 3 heterocycles. The van der Waals surface area contributed by atoms with Gasteiger partial charge in [-0.2, -0.15) is 0 Å². The number of imidazole rings is 1. The van der Waals surface area contributed by atoms with E-state index in [1.165, 1.54) is 29.2 Å². The second-order valence-electron chi connectivity index (χ2n) is 6.48. The number of carbonyl (C=O) groups excluding carboxylic acids is 1. The largest absolute Gasteiger partial charge is 0.390 e. The number of H-pyrrole nitrogens is 2. The van der Waals surface area contributed by atoms with Crippen LogP contribution < -0.4 is 16.6 Å². The first-order valence-corrected chi connectivity index (χ1v) is 9.47. The fourth-order valence-corrected chi connectivity index (χ4v) is 3.04. The normalized spacial score (nSPS) is 22.4. The quantitative estimate of drug-likeness (QED) is 0.307. The van der Waals surface area contributed by atoms with Crippen LogP contribution in [0, 0.1) is 0 Å². The first-order chi connectivity index (χ1) is 15.0. The molecule has 1 aliphatic heterocycles. The molecule has 1 aliphatic rings. The van der Waals surface area contributed by atoms with Crippen molar-refractivity contribution in [3.05, 3.63) is 63.0 Å². The molecule has 4 N–H and O–H groups in total. The highest BCUT2D eigenvalue weighted by Crippen LogP contribution is 2.28. The summed E-state index contributed by atoms with van der Waals surface area (Å²) in [5.74, 6) is -0.326. The lowest BCUT2D eigenvalue weighted by Gasteiger charge is -2.15. The summed E-state index contributed by atoms with van der Waals surface area (Å²) in [5, 5.41) is 12.7. The monoisotopic (exact) mass is 437 g/mol. The molecule has 11 nitrogen and oxygen atoms in total. The van der Waals surface area contributed by atoms with E-state index in [1.54, 1.807) is 18.3 Å². The van der Waals surface area contributed by atoms with Gasteiger partial charge in [-0.15, -0.1) is 0 Å². The lowest BCUT2D eigenvalue weighted by Crippen LogP contribution is -2.33. The molecular weight excluding hydrogens is 413 g/mol. The summed E-state index contributed by atoms with van der Waals surface area (Å²) in [5.41, 5.74) is -0.378. The summed E-state index contributed by atoms with van der Waals surface area (Å²) in [6.07, 6.45) is 8.22. The van der Waals surface area contributed by atoms with Gasteiger partial charge in [0.15, 0.2) is 0 Å². The fraction of sp³-hybridized carbons (Fsp3) is 0.333. The van der Waals surface area contributed by atoms with Crippen molar-refractivity contribution >= 4 is 27.5 Å². The molecule has 160 valence electrons. The SMILES string of the molecule is [3H]POCC1OC(n2cc(/C=C/CNC(=O)/C=C/c3cnc[nH]3)c(=O)[nH]c2=O)CC1O. The van der Waals surface area contributed by atoms with Crippen LogP contribution in [0.25, 0.3) is 12.2 Å². The third-order valence-corrected chi connectivity index (χ3v) is 4.55. The van der Waals surface area contributed by atoms with Crippen molar-refractivity contribution in [2.45, 2.75) is 24.9 Å². The number of amides is 1. The minimum absolute atomic E-state index is 0.0407. The van der Waals surface area contributed by atoms with Crippen molar-refractivity contribution in [1.29, 1.82) is 1.28 Å². The summed E-state index contributed by atoms with van der Waals surface area (Å²) < 4.78 is 18.8. The predicted octanol–water partition coefficient (Wildman–Crippen LogP) is -0.442. The fourth-order valence-electron chi connectivity index (χ4n) is 2.88. The van der Waals surface area contributed by atoms with Gasteiger partial charge in [0.25, 0.3) is 5.56 Å². The van der Waals surface area contributed by atoms with Gasteiger partial charge in [-0.3, -0.25) is 19.1 Å². The molecule has 0 aliphatic carbocycles. The molecule has 1 amide bonds. The maximum Gasteiger partial charge on any atom is 0.330 e. The molecule has 0 bridgehead atoms. The van der Waals surface area contributed by atoms with E-state index < -0.39 is 39.1 Å². The van der Waals surface area contributed by atoms with Gasteiger partial charge in [0.1, 0.15) is 12.3 Å². The Hall–Kier alpha value is -2.85. The van der Waals surface area contributed by atoms with Crippen LogP contribution in [0.4, 0.5) is 0 Å². The maximum absolute atomic E-state index is 12.2. The Morgan fingerprint density at radius 3 is 3.17 bits per heavy atom. The molecular formula is C18H22N5O6P. The molecule has 1 fully saturated rings. The topological polar surface area (TPSA) is 151 Å². The molecule has 3 rings (SSSR count). The first kappa shape index (κ1) is 20.4. The van der Waals surface area contributed by atoms with Crippen LogP contribution in [-0.4, -0.2) is 57.2 Å². The number of ether oxygens (including phenoxy) is 1. The van der Waals surface area contributed by atoms with E-state index in [0.717, 1.165) is 0 Å². The zero-order valence-electron chi connectivity index (χ0n) is 16.8. The van der Waals surface area contributed by atoms with E-state index in [4.69, 9.17) is 10.5 Å². The van der Waals surface area contributed by atoms with E-state index in [1.807, 2.05) is 0 Å². The third kappa shape index (κ3) is 5.61. The second-order valence-corrected chi connectivity index (χ2v) is 6.77. The molecule has 30 heavy (non-hydrogen) atoms. The van der Waals surface area contributed by atoms with E-state index in [-0.39, 0.29) is 31.0 Å². The molecule has 12 heteroatoms. The van der Waals surface area contributed by atoms with Crippen LogP contribution in [0.15, 0.2) is 40.5 Å². The van der Waals surface area contributed by atoms with Crippen molar-refractivity contribution in [3.8, 4) is 0 Å². The molecule has 0 aromatic carbocycles. The van der Waals surface area contributed by atoms with Gasteiger partial charge in [-0.05, 0) is 6.08 Å². The first-order valence-electron chi connectivity index (χ1n) is 9.56. The van der Waals surface area contributed by atoms with Gasteiger partial charge < -0.3 is 24.7 Å². The molecule has 0 radical (unpaired) electrons. The highest BCUT2D eigenvalue weighted by Gasteiger charge is 2.35. The number of rotatable bonds is 9. The minimum Gasteiger partial charge on any atom is -0.390 e. The summed E-state index contributed by atoms with van der Waals surface area (Å²) in [4.78, 5) is 44.9. The Bertz CT molecular complexity index is 1050. The number of nitrogens with zero attached hydrogens (tertiary/aromatic N) is 2. The van der Waals surface area contributed by atoms with Crippen molar-refractivity contribution in [2.75, 3.05) is 13.2 Å². The number of nitrogens with one attached hydrogen (secondary N) is 3. The Labute approximate surface area is 174 Å². The Morgan fingerprint density at radius 1 is 1.53 bits per heavy atom. The minimum atomic E-state index is -0.857. The Balaban J connectivity index is 1.61. The molecule has 0 spiro atoms. The molecule has 0 saturated carbocycles. The number of hydrogen-bond acceptors (Lipinski definition) is 7. The van der Waals surface area contributed by atoms with Gasteiger partial charge in [0.05, 0.1) is 37.8 Å². The predicted molar refractivity (Wildman–Crippen MR) is 111 cm³/mol. The molecule has 4 atom stereocenters. The number of aliphatic hydroxyl groups is 1.